The molecular formula is C17H26N2O3. The fraction of sp³-hybridized carbons (Fsp3) is 0.588. The molecule has 5 heteroatoms. The van der Waals surface area contributed by atoms with Crippen LogP contribution in [0.2, 0.25) is 0 Å². The standard InChI is InChI=1S/C17H26N2O3/c1-13(2)16(11-19-9-8-15(20)10-19)18-17(21)22-12-14-6-4-3-5-7-14/h3-7,13,15-16,20H,8-12H2,1-2H3,(H,18,21)/t15-,16?/m0/s1. The van der Waals surface area contributed by atoms with Crippen molar-refractivity contribution < 1.29 is 14.6 Å². The Morgan fingerprint density at radius 3 is 2.73 bits per heavy atom. The Labute approximate surface area is 132 Å². The maximum atomic E-state index is 12.0. The number of aliphatic hydroxyl groups is 1. The molecule has 1 aromatic carbocycles. The third-order valence-electron chi connectivity index (χ3n) is 4.02. The topological polar surface area (TPSA) is 61.8 Å². The van der Waals surface area contributed by atoms with Gasteiger partial charge in [-0.15, -0.1) is 0 Å². The van der Waals surface area contributed by atoms with Crippen LogP contribution in [-0.4, -0.2) is 47.9 Å². The van der Waals surface area contributed by atoms with E-state index >= 15 is 0 Å². The average molecular weight is 306 g/mol. The van der Waals surface area contributed by atoms with Gasteiger partial charge >= 0.3 is 6.09 Å². The number of β-amino-alcohol motifs (C(OH)–C–C–N with tert-alkyl or cyclic N) is 1. The average Bonchev–Trinajstić information content (AvgIpc) is 2.91. The van der Waals surface area contributed by atoms with Gasteiger partial charge in [0.1, 0.15) is 6.61 Å². The molecule has 0 spiro atoms. The highest BCUT2D eigenvalue weighted by atomic mass is 16.5. The van der Waals surface area contributed by atoms with Gasteiger partial charge in [-0.3, -0.25) is 4.90 Å². The molecule has 5 nitrogen and oxygen atoms in total. The number of ether oxygens (including phenoxy) is 1. The van der Waals surface area contributed by atoms with Gasteiger partial charge in [-0.05, 0) is 17.9 Å². The van der Waals surface area contributed by atoms with Crippen LogP contribution in [0.5, 0.6) is 0 Å². The molecule has 0 aliphatic carbocycles. The fourth-order valence-corrected chi connectivity index (χ4v) is 2.60. The Morgan fingerprint density at radius 2 is 2.14 bits per heavy atom. The van der Waals surface area contributed by atoms with Crippen LogP contribution in [0.3, 0.4) is 0 Å². The predicted molar refractivity (Wildman–Crippen MR) is 85.5 cm³/mol. The summed E-state index contributed by atoms with van der Waals surface area (Å²) in [5, 5.41) is 12.5. The van der Waals surface area contributed by atoms with E-state index in [9.17, 15) is 9.90 Å². The Hall–Kier alpha value is -1.59. The van der Waals surface area contributed by atoms with Crippen molar-refractivity contribution in [2.45, 2.75) is 39.0 Å². The van der Waals surface area contributed by atoms with Crippen molar-refractivity contribution in [2.75, 3.05) is 19.6 Å². The summed E-state index contributed by atoms with van der Waals surface area (Å²) in [5.41, 5.74) is 0.974. The van der Waals surface area contributed by atoms with Crippen molar-refractivity contribution in [3.8, 4) is 0 Å². The van der Waals surface area contributed by atoms with Gasteiger partial charge in [-0.2, -0.15) is 0 Å². The number of amides is 1. The van der Waals surface area contributed by atoms with Gasteiger partial charge in [0.25, 0.3) is 0 Å². The maximum absolute atomic E-state index is 12.0. The Kier molecular flexibility index (Phi) is 6.21. The summed E-state index contributed by atoms with van der Waals surface area (Å²) < 4.78 is 5.28. The van der Waals surface area contributed by atoms with E-state index in [-0.39, 0.29) is 24.8 Å². The molecule has 1 aliphatic heterocycles. The van der Waals surface area contributed by atoms with Crippen LogP contribution < -0.4 is 5.32 Å². The molecule has 22 heavy (non-hydrogen) atoms. The van der Waals surface area contributed by atoms with Crippen LogP contribution in [0.25, 0.3) is 0 Å². The third-order valence-corrected chi connectivity index (χ3v) is 4.02. The van der Waals surface area contributed by atoms with E-state index in [1.807, 2.05) is 30.3 Å². The number of nitrogens with one attached hydrogen (secondary N) is 1. The van der Waals surface area contributed by atoms with Crippen LogP contribution in [0.15, 0.2) is 30.3 Å². The number of alkyl carbamates (subject to hydrolysis) is 1. The first-order chi connectivity index (χ1) is 10.5. The first-order valence-corrected chi connectivity index (χ1v) is 7.92. The molecule has 1 unspecified atom stereocenters. The second-order valence-corrected chi connectivity index (χ2v) is 6.26. The minimum Gasteiger partial charge on any atom is -0.445 e. The molecular weight excluding hydrogens is 280 g/mol. The van der Waals surface area contributed by atoms with Crippen molar-refractivity contribution in [1.29, 1.82) is 0 Å². The molecule has 0 aromatic heterocycles. The first kappa shape index (κ1) is 16.8. The number of likely N-dealkylation sites (tertiary alicyclic amines) is 1. The zero-order valence-electron chi connectivity index (χ0n) is 13.4. The fourth-order valence-electron chi connectivity index (χ4n) is 2.60. The highest BCUT2D eigenvalue weighted by molar-refractivity contribution is 5.67. The van der Waals surface area contributed by atoms with E-state index < -0.39 is 0 Å². The minimum atomic E-state index is -0.387. The normalized spacial score (nSPS) is 20.1. The van der Waals surface area contributed by atoms with Gasteiger partial charge in [0.05, 0.1) is 6.10 Å². The van der Waals surface area contributed by atoms with E-state index in [4.69, 9.17) is 4.74 Å². The number of rotatable bonds is 6. The molecule has 0 radical (unpaired) electrons. The molecule has 2 atom stereocenters. The van der Waals surface area contributed by atoms with Gasteiger partial charge in [0, 0.05) is 25.7 Å². The first-order valence-electron chi connectivity index (χ1n) is 7.92. The molecule has 2 N–H and O–H groups in total. The van der Waals surface area contributed by atoms with Gasteiger partial charge in [-0.25, -0.2) is 4.79 Å². The molecule has 122 valence electrons. The summed E-state index contributed by atoms with van der Waals surface area (Å²) in [4.78, 5) is 14.2. The number of hydrogen-bond acceptors (Lipinski definition) is 4. The highest BCUT2D eigenvalue weighted by Gasteiger charge is 2.25. The van der Waals surface area contributed by atoms with Gasteiger partial charge in [0.2, 0.25) is 0 Å². The highest BCUT2D eigenvalue weighted by Crippen LogP contribution is 2.12. The summed E-state index contributed by atoms with van der Waals surface area (Å²) >= 11 is 0. The zero-order chi connectivity index (χ0) is 15.9. The van der Waals surface area contributed by atoms with Gasteiger partial charge in [-0.1, -0.05) is 44.2 Å². The van der Waals surface area contributed by atoms with Crippen molar-refractivity contribution in [3.63, 3.8) is 0 Å². The molecule has 1 aromatic rings. The van der Waals surface area contributed by atoms with Crippen molar-refractivity contribution in [1.82, 2.24) is 10.2 Å². The van der Waals surface area contributed by atoms with E-state index in [1.54, 1.807) is 0 Å². The smallest absolute Gasteiger partial charge is 0.407 e. The van der Waals surface area contributed by atoms with Crippen molar-refractivity contribution in [3.05, 3.63) is 35.9 Å². The van der Waals surface area contributed by atoms with Gasteiger partial charge < -0.3 is 15.2 Å². The van der Waals surface area contributed by atoms with E-state index in [2.05, 4.69) is 24.1 Å². The molecule has 1 aliphatic rings. The Bertz CT molecular complexity index is 464. The van der Waals surface area contributed by atoms with Gasteiger partial charge in [0.15, 0.2) is 0 Å². The zero-order valence-corrected chi connectivity index (χ0v) is 13.4. The monoisotopic (exact) mass is 306 g/mol. The lowest BCUT2D eigenvalue weighted by atomic mass is 10.0. The number of carbonyl (C=O) groups is 1. The summed E-state index contributed by atoms with van der Waals surface area (Å²) in [6, 6.07) is 9.66. The predicted octanol–water partition coefficient (Wildman–Crippen LogP) is 2.00. The maximum Gasteiger partial charge on any atom is 0.407 e. The van der Waals surface area contributed by atoms with E-state index in [0.29, 0.717) is 12.5 Å². The van der Waals surface area contributed by atoms with E-state index in [0.717, 1.165) is 25.1 Å². The lowest BCUT2D eigenvalue weighted by molar-refractivity contribution is 0.126. The number of benzene rings is 1. The van der Waals surface area contributed by atoms with Crippen LogP contribution in [0.4, 0.5) is 4.79 Å². The van der Waals surface area contributed by atoms with Crippen LogP contribution in [0.1, 0.15) is 25.8 Å². The molecule has 1 heterocycles. The lowest BCUT2D eigenvalue weighted by Crippen LogP contribution is -2.46. The van der Waals surface area contributed by atoms with E-state index in [1.165, 1.54) is 0 Å². The Morgan fingerprint density at radius 1 is 1.41 bits per heavy atom. The van der Waals surface area contributed by atoms with Crippen LogP contribution in [-0.2, 0) is 11.3 Å². The van der Waals surface area contributed by atoms with Crippen LogP contribution in [0, 0.1) is 5.92 Å². The van der Waals surface area contributed by atoms with Crippen molar-refractivity contribution >= 4 is 6.09 Å². The largest absolute Gasteiger partial charge is 0.445 e. The molecule has 1 amide bonds. The number of carbonyl (C=O) groups excluding carboxylic acids is 1. The second-order valence-electron chi connectivity index (χ2n) is 6.26. The molecule has 1 saturated heterocycles. The van der Waals surface area contributed by atoms with Crippen LogP contribution >= 0.6 is 0 Å². The molecule has 1 fully saturated rings. The van der Waals surface area contributed by atoms with Crippen molar-refractivity contribution in [2.24, 2.45) is 5.92 Å². The molecule has 0 saturated carbocycles. The molecule has 2 rings (SSSR count). The quantitative estimate of drug-likeness (QED) is 0.844. The summed E-state index contributed by atoms with van der Waals surface area (Å²) in [6.45, 7) is 6.74. The number of hydrogen-bond donors (Lipinski definition) is 2. The lowest BCUT2D eigenvalue weighted by Gasteiger charge is -2.27. The summed E-state index contributed by atoms with van der Waals surface area (Å²) in [6.07, 6.45) is 0.184. The summed E-state index contributed by atoms with van der Waals surface area (Å²) in [7, 11) is 0. The Balaban J connectivity index is 1.78. The second kappa shape index (κ2) is 8.15. The molecule has 0 bridgehead atoms. The minimum absolute atomic E-state index is 0.0218. The SMILES string of the molecule is CC(C)C(CN1CC[C@H](O)C1)NC(=O)OCc1ccccc1. The summed E-state index contributed by atoms with van der Waals surface area (Å²) in [5.74, 6) is 0.307. The number of nitrogens with zero attached hydrogens (tertiary/aromatic N) is 1. The third kappa shape index (κ3) is 5.31. The number of aliphatic hydroxyl groups excluding tert-OH is 1.